The van der Waals surface area contributed by atoms with Gasteiger partial charge in [-0.1, -0.05) is 0 Å². The average Bonchev–Trinajstić information content (AvgIpc) is 2.74. The second kappa shape index (κ2) is 4.44. The van der Waals surface area contributed by atoms with Gasteiger partial charge in [0.2, 0.25) is 0 Å². The van der Waals surface area contributed by atoms with Gasteiger partial charge in [-0.2, -0.15) is 5.10 Å². The predicted molar refractivity (Wildman–Crippen MR) is 61.8 cm³/mol. The Hall–Kier alpha value is -2.44. The lowest BCUT2D eigenvalue weighted by Gasteiger charge is -2.05. The quantitative estimate of drug-likeness (QED) is 0.619. The minimum atomic E-state index is -0.620. The van der Waals surface area contributed by atoms with Gasteiger partial charge in [0.05, 0.1) is 17.7 Å². The average molecular weight is 251 g/mol. The van der Waals surface area contributed by atoms with E-state index in [9.17, 15) is 14.5 Å². The first-order valence-electron chi connectivity index (χ1n) is 5.05. The number of methoxy groups -OCH3 is 1. The fraction of sp³-hybridized carbons (Fsp3) is 0.182. The highest BCUT2D eigenvalue weighted by Gasteiger charge is 2.20. The first-order valence-corrected chi connectivity index (χ1v) is 5.05. The standard InChI is InChI=1S/C11H10FN3O3/c1-14-4-3-9(13-14)7-5-10(15(16)17)11(18-2)6-8(7)12/h3-6H,1-2H3. The van der Waals surface area contributed by atoms with E-state index < -0.39 is 10.7 Å². The van der Waals surface area contributed by atoms with Crippen molar-refractivity contribution in [3.8, 4) is 17.0 Å². The smallest absolute Gasteiger partial charge is 0.311 e. The normalized spacial score (nSPS) is 10.4. The molecule has 0 radical (unpaired) electrons. The van der Waals surface area contributed by atoms with E-state index in [1.54, 1.807) is 19.3 Å². The molecule has 7 heteroatoms. The molecule has 0 saturated heterocycles. The number of ether oxygens (including phenoxy) is 1. The monoisotopic (exact) mass is 251 g/mol. The molecule has 0 aliphatic carbocycles. The van der Waals surface area contributed by atoms with E-state index >= 15 is 0 Å². The van der Waals surface area contributed by atoms with Crippen molar-refractivity contribution in [3.63, 3.8) is 0 Å². The molecule has 1 aromatic heterocycles. The van der Waals surface area contributed by atoms with Crippen molar-refractivity contribution < 1.29 is 14.1 Å². The van der Waals surface area contributed by atoms with Crippen LogP contribution in [0.25, 0.3) is 11.3 Å². The zero-order valence-corrected chi connectivity index (χ0v) is 9.75. The van der Waals surface area contributed by atoms with Gasteiger partial charge in [0, 0.05) is 30.9 Å². The Bertz CT molecular complexity index is 610. The van der Waals surface area contributed by atoms with Crippen molar-refractivity contribution in [1.29, 1.82) is 0 Å². The Kier molecular flexibility index (Phi) is 2.97. The predicted octanol–water partition coefficient (Wildman–Crippen LogP) is 2.14. The molecule has 0 aliphatic rings. The van der Waals surface area contributed by atoms with Gasteiger partial charge in [0.1, 0.15) is 5.82 Å². The summed E-state index contributed by atoms with van der Waals surface area (Å²) >= 11 is 0. The fourth-order valence-corrected chi connectivity index (χ4v) is 1.60. The summed E-state index contributed by atoms with van der Waals surface area (Å²) in [5, 5.41) is 14.9. The minimum absolute atomic E-state index is 0.0723. The molecule has 0 aliphatic heterocycles. The van der Waals surface area contributed by atoms with E-state index in [-0.39, 0.29) is 17.0 Å². The number of rotatable bonds is 3. The number of aromatic nitrogens is 2. The molecule has 0 atom stereocenters. The third-order valence-electron chi connectivity index (χ3n) is 2.45. The molecule has 0 N–H and O–H groups in total. The summed E-state index contributed by atoms with van der Waals surface area (Å²) in [5.74, 6) is -0.728. The molecule has 18 heavy (non-hydrogen) atoms. The number of aryl methyl sites for hydroxylation is 1. The number of benzene rings is 1. The SMILES string of the molecule is COc1cc(F)c(-c2ccn(C)n2)cc1[N+](=O)[O-]. The van der Waals surface area contributed by atoms with Crippen molar-refractivity contribution in [2.75, 3.05) is 7.11 Å². The van der Waals surface area contributed by atoms with E-state index in [1.807, 2.05) is 0 Å². The van der Waals surface area contributed by atoms with Crippen molar-refractivity contribution in [2.24, 2.45) is 7.05 Å². The van der Waals surface area contributed by atoms with Crippen molar-refractivity contribution in [3.05, 3.63) is 40.3 Å². The van der Waals surface area contributed by atoms with Gasteiger partial charge in [-0.15, -0.1) is 0 Å². The summed E-state index contributed by atoms with van der Waals surface area (Å²) in [7, 11) is 2.93. The summed E-state index contributed by atoms with van der Waals surface area (Å²) < 4.78 is 20.1. The molecule has 0 spiro atoms. The van der Waals surface area contributed by atoms with Crippen LogP contribution in [-0.2, 0) is 7.05 Å². The summed E-state index contributed by atoms with van der Waals surface area (Å²) in [6.45, 7) is 0. The maximum atomic E-state index is 13.8. The number of hydrogen-bond acceptors (Lipinski definition) is 4. The second-order valence-corrected chi connectivity index (χ2v) is 3.64. The minimum Gasteiger partial charge on any atom is -0.490 e. The van der Waals surface area contributed by atoms with E-state index in [0.717, 1.165) is 12.1 Å². The number of nitrogens with zero attached hydrogens (tertiary/aromatic N) is 3. The van der Waals surface area contributed by atoms with Crippen molar-refractivity contribution >= 4 is 5.69 Å². The Labute approximate surface area is 102 Å². The van der Waals surface area contributed by atoms with Crippen LogP contribution in [0.15, 0.2) is 24.4 Å². The highest BCUT2D eigenvalue weighted by Crippen LogP contribution is 2.33. The number of nitro benzene ring substituents is 1. The van der Waals surface area contributed by atoms with E-state index in [4.69, 9.17) is 4.74 Å². The third kappa shape index (κ3) is 2.02. The highest BCUT2D eigenvalue weighted by atomic mass is 19.1. The number of nitro groups is 1. The zero-order valence-electron chi connectivity index (χ0n) is 9.75. The summed E-state index contributed by atoms with van der Waals surface area (Å²) in [4.78, 5) is 10.2. The summed E-state index contributed by atoms with van der Waals surface area (Å²) in [6.07, 6.45) is 1.63. The van der Waals surface area contributed by atoms with Crippen LogP contribution in [0.2, 0.25) is 0 Å². The van der Waals surface area contributed by atoms with Gasteiger partial charge in [0.25, 0.3) is 0 Å². The largest absolute Gasteiger partial charge is 0.490 e. The fourth-order valence-electron chi connectivity index (χ4n) is 1.60. The molecule has 1 heterocycles. The Balaban J connectivity index is 2.62. The molecule has 2 aromatic rings. The zero-order chi connectivity index (χ0) is 13.3. The van der Waals surface area contributed by atoms with Gasteiger partial charge in [-0.3, -0.25) is 14.8 Å². The molecule has 2 rings (SSSR count). The van der Waals surface area contributed by atoms with Crippen LogP contribution < -0.4 is 4.74 Å². The lowest BCUT2D eigenvalue weighted by molar-refractivity contribution is -0.385. The molecular weight excluding hydrogens is 241 g/mol. The Morgan fingerprint density at radius 2 is 2.22 bits per heavy atom. The number of halogens is 1. The Morgan fingerprint density at radius 3 is 2.72 bits per heavy atom. The first kappa shape index (κ1) is 12.0. The third-order valence-corrected chi connectivity index (χ3v) is 2.45. The van der Waals surface area contributed by atoms with E-state index in [1.165, 1.54) is 11.8 Å². The van der Waals surface area contributed by atoms with Crippen LogP contribution >= 0.6 is 0 Å². The molecule has 94 valence electrons. The Morgan fingerprint density at radius 1 is 1.50 bits per heavy atom. The maximum Gasteiger partial charge on any atom is 0.311 e. The van der Waals surface area contributed by atoms with Gasteiger partial charge in [-0.25, -0.2) is 4.39 Å². The van der Waals surface area contributed by atoms with Gasteiger partial charge < -0.3 is 4.74 Å². The van der Waals surface area contributed by atoms with Crippen LogP contribution in [0.1, 0.15) is 0 Å². The molecule has 0 amide bonds. The highest BCUT2D eigenvalue weighted by molar-refractivity contribution is 5.66. The molecule has 0 bridgehead atoms. The molecule has 0 unspecified atom stereocenters. The van der Waals surface area contributed by atoms with E-state index in [0.29, 0.717) is 5.69 Å². The van der Waals surface area contributed by atoms with Crippen molar-refractivity contribution in [1.82, 2.24) is 9.78 Å². The van der Waals surface area contributed by atoms with Crippen LogP contribution in [-0.4, -0.2) is 21.8 Å². The lowest BCUT2D eigenvalue weighted by atomic mass is 10.1. The second-order valence-electron chi connectivity index (χ2n) is 3.64. The van der Waals surface area contributed by atoms with Gasteiger partial charge in [0.15, 0.2) is 5.75 Å². The molecule has 0 saturated carbocycles. The molecule has 0 fully saturated rings. The lowest BCUT2D eigenvalue weighted by Crippen LogP contribution is -1.97. The summed E-state index contributed by atoms with van der Waals surface area (Å²) in [5.41, 5.74) is 0.114. The first-order chi connectivity index (χ1) is 8.52. The maximum absolute atomic E-state index is 13.8. The van der Waals surface area contributed by atoms with Gasteiger partial charge in [-0.05, 0) is 6.07 Å². The van der Waals surface area contributed by atoms with E-state index in [2.05, 4.69) is 5.10 Å². The van der Waals surface area contributed by atoms with Crippen LogP contribution in [0.3, 0.4) is 0 Å². The molecular formula is C11H10FN3O3. The van der Waals surface area contributed by atoms with Crippen LogP contribution in [0.5, 0.6) is 5.75 Å². The van der Waals surface area contributed by atoms with Gasteiger partial charge >= 0.3 is 5.69 Å². The van der Waals surface area contributed by atoms with Crippen LogP contribution in [0.4, 0.5) is 10.1 Å². The van der Waals surface area contributed by atoms with Crippen molar-refractivity contribution in [2.45, 2.75) is 0 Å². The van der Waals surface area contributed by atoms with Crippen LogP contribution in [0, 0.1) is 15.9 Å². The molecule has 1 aromatic carbocycles. The molecule has 6 nitrogen and oxygen atoms in total. The number of hydrogen-bond donors (Lipinski definition) is 0. The summed E-state index contributed by atoms with van der Waals surface area (Å²) in [6, 6.07) is 3.69. The topological polar surface area (TPSA) is 70.2 Å².